The van der Waals surface area contributed by atoms with Crippen molar-refractivity contribution in [2.75, 3.05) is 7.11 Å². The maximum atomic E-state index is 12.2. The lowest BCUT2D eigenvalue weighted by Gasteiger charge is -2.07. The summed E-state index contributed by atoms with van der Waals surface area (Å²) < 4.78 is 5.01. The second-order valence-electron chi connectivity index (χ2n) is 5.15. The molecule has 0 saturated carbocycles. The summed E-state index contributed by atoms with van der Waals surface area (Å²) in [6, 6.07) is 13.4. The molecule has 0 bridgehead atoms. The number of nitrogens with one attached hydrogen (secondary N) is 1. The molecule has 116 valence electrons. The lowest BCUT2D eigenvalue weighted by Crippen LogP contribution is -2.24. The molecular formula is C18H17N3O2. The number of ether oxygens (including phenoxy) is 1. The van der Waals surface area contributed by atoms with Crippen molar-refractivity contribution in [2.24, 2.45) is 0 Å². The molecule has 0 aliphatic heterocycles. The summed E-state index contributed by atoms with van der Waals surface area (Å²) in [6.45, 7) is 0.439. The van der Waals surface area contributed by atoms with E-state index in [4.69, 9.17) is 4.74 Å². The van der Waals surface area contributed by atoms with Crippen molar-refractivity contribution in [3.05, 3.63) is 66.0 Å². The minimum atomic E-state index is -0.0426. The molecule has 3 aromatic rings. The lowest BCUT2D eigenvalue weighted by atomic mass is 10.1. The second kappa shape index (κ2) is 6.87. The van der Waals surface area contributed by atoms with Crippen molar-refractivity contribution in [1.82, 2.24) is 15.3 Å². The molecule has 0 aliphatic carbocycles. The highest BCUT2D eigenvalue weighted by molar-refractivity contribution is 5.87. The third-order valence-corrected chi connectivity index (χ3v) is 3.56. The monoisotopic (exact) mass is 307 g/mol. The van der Waals surface area contributed by atoms with Crippen LogP contribution in [0.2, 0.25) is 0 Å². The molecule has 0 radical (unpaired) electrons. The summed E-state index contributed by atoms with van der Waals surface area (Å²) in [5.74, 6) is 0.515. The zero-order chi connectivity index (χ0) is 16.1. The summed E-state index contributed by atoms with van der Waals surface area (Å²) in [7, 11) is 1.57. The molecule has 3 rings (SSSR count). The number of aromatic nitrogens is 2. The quantitative estimate of drug-likeness (QED) is 0.786. The van der Waals surface area contributed by atoms with Gasteiger partial charge in [0.2, 0.25) is 11.8 Å². The number of hydrogen-bond acceptors (Lipinski definition) is 4. The summed E-state index contributed by atoms with van der Waals surface area (Å²) in [5.41, 5.74) is 2.72. The van der Waals surface area contributed by atoms with Crippen LogP contribution in [0, 0.1) is 0 Å². The minimum absolute atomic E-state index is 0.0426. The van der Waals surface area contributed by atoms with Crippen LogP contribution in [-0.2, 0) is 17.8 Å². The van der Waals surface area contributed by atoms with Gasteiger partial charge in [-0.25, -0.2) is 4.98 Å². The lowest BCUT2D eigenvalue weighted by molar-refractivity contribution is -0.120. The van der Waals surface area contributed by atoms with Gasteiger partial charge in [0, 0.05) is 30.4 Å². The first-order chi connectivity index (χ1) is 11.3. The number of nitrogens with zero attached hydrogens (tertiary/aromatic N) is 2. The molecule has 0 spiro atoms. The van der Waals surface area contributed by atoms with Crippen molar-refractivity contribution >= 4 is 16.8 Å². The summed E-state index contributed by atoms with van der Waals surface area (Å²) in [5, 5.41) is 3.94. The van der Waals surface area contributed by atoms with E-state index in [0.29, 0.717) is 18.8 Å². The van der Waals surface area contributed by atoms with Crippen LogP contribution in [-0.4, -0.2) is 23.0 Å². The maximum absolute atomic E-state index is 12.2. The van der Waals surface area contributed by atoms with Crippen molar-refractivity contribution in [2.45, 2.75) is 13.0 Å². The number of pyridine rings is 2. The molecule has 1 N–H and O–H groups in total. The van der Waals surface area contributed by atoms with Gasteiger partial charge in [0.15, 0.2) is 0 Å². The van der Waals surface area contributed by atoms with Crippen molar-refractivity contribution < 1.29 is 9.53 Å². The molecule has 5 heteroatoms. The Hall–Kier alpha value is -2.95. The number of para-hydroxylation sites is 1. The average Bonchev–Trinajstić information content (AvgIpc) is 2.61. The fourth-order valence-corrected chi connectivity index (χ4v) is 2.38. The van der Waals surface area contributed by atoms with E-state index in [9.17, 15) is 4.79 Å². The largest absolute Gasteiger partial charge is 0.481 e. The van der Waals surface area contributed by atoms with Crippen molar-refractivity contribution in [3.8, 4) is 5.88 Å². The van der Waals surface area contributed by atoms with Gasteiger partial charge in [-0.05, 0) is 17.2 Å². The Kier molecular flexibility index (Phi) is 4.47. The number of benzene rings is 1. The zero-order valence-electron chi connectivity index (χ0n) is 12.8. The molecule has 0 unspecified atom stereocenters. The van der Waals surface area contributed by atoms with Gasteiger partial charge in [0.05, 0.1) is 19.0 Å². The first-order valence-corrected chi connectivity index (χ1v) is 7.34. The molecule has 1 aromatic carbocycles. The van der Waals surface area contributed by atoms with Gasteiger partial charge in [0.1, 0.15) is 0 Å². The molecule has 1 amide bonds. The standard InChI is InChI=1S/C18H17N3O2/c1-23-17-8-7-13(12-21-17)11-20-16(22)10-15-5-2-4-14-6-3-9-19-18(14)15/h2-9,12H,10-11H2,1H3,(H,20,22). The van der Waals surface area contributed by atoms with Gasteiger partial charge in [-0.2, -0.15) is 0 Å². The summed E-state index contributed by atoms with van der Waals surface area (Å²) >= 11 is 0. The Bertz CT molecular complexity index is 811. The van der Waals surface area contributed by atoms with Crippen LogP contribution < -0.4 is 10.1 Å². The van der Waals surface area contributed by atoms with Crippen LogP contribution >= 0.6 is 0 Å². The molecule has 2 heterocycles. The molecule has 0 atom stereocenters. The number of amides is 1. The Morgan fingerprint density at radius 1 is 1.13 bits per heavy atom. The van der Waals surface area contributed by atoms with E-state index < -0.39 is 0 Å². The molecule has 0 fully saturated rings. The van der Waals surface area contributed by atoms with Crippen LogP contribution in [0.4, 0.5) is 0 Å². The van der Waals surface area contributed by atoms with Crippen LogP contribution in [0.5, 0.6) is 5.88 Å². The molecule has 23 heavy (non-hydrogen) atoms. The number of fused-ring (bicyclic) bond motifs is 1. The van der Waals surface area contributed by atoms with Gasteiger partial charge >= 0.3 is 0 Å². The fourth-order valence-electron chi connectivity index (χ4n) is 2.38. The van der Waals surface area contributed by atoms with E-state index in [2.05, 4.69) is 15.3 Å². The molecule has 2 aromatic heterocycles. The number of rotatable bonds is 5. The SMILES string of the molecule is COc1ccc(CNC(=O)Cc2cccc3cccnc23)cn1. The topological polar surface area (TPSA) is 64.1 Å². The number of hydrogen-bond donors (Lipinski definition) is 1. The van der Waals surface area contributed by atoms with E-state index in [1.165, 1.54) is 0 Å². The Morgan fingerprint density at radius 2 is 2.00 bits per heavy atom. The van der Waals surface area contributed by atoms with Crippen LogP contribution in [0.1, 0.15) is 11.1 Å². The average molecular weight is 307 g/mol. The third-order valence-electron chi connectivity index (χ3n) is 3.56. The Morgan fingerprint density at radius 3 is 2.78 bits per heavy atom. The third kappa shape index (κ3) is 3.63. The summed E-state index contributed by atoms with van der Waals surface area (Å²) in [4.78, 5) is 20.7. The first-order valence-electron chi connectivity index (χ1n) is 7.34. The molecular weight excluding hydrogens is 290 g/mol. The second-order valence-corrected chi connectivity index (χ2v) is 5.15. The highest BCUT2D eigenvalue weighted by Crippen LogP contribution is 2.16. The number of carbonyl (C=O) groups excluding carboxylic acids is 1. The number of methoxy groups -OCH3 is 1. The van der Waals surface area contributed by atoms with Crippen molar-refractivity contribution in [3.63, 3.8) is 0 Å². The fraction of sp³-hybridized carbons (Fsp3) is 0.167. The van der Waals surface area contributed by atoms with E-state index in [1.54, 1.807) is 25.6 Å². The van der Waals surface area contributed by atoms with E-state index in [-0.39, 0.29) is 5.91 Å². The smallest absolute Gasteiger partial charge is 0.224 e. The molecule has 0 aliphatic rings. The van der Waals surface area contributed by atoms with Gasteiger partial charge in [-0.15, -0.1) is 0 Å². The van der Waals surface area contributed by atoms with Gasteiger partial charge < -0.3 is 10.1 Å². The van der Waals surface area contributed by atoms with Crippen molar-refractivity contribution in [1.29, 1.82) is 0 Å². The van der Waals surface area contributed by atoms with Gasteiger partial charge in [-0.1, -0.05) is 30.3 Å². The predicted molar refractivity (Wildman–Crippen MR) is 88.1 cm³/mol. The van der Waals surface area contributed by atoms with E-state index in [1.807, 2.05) is 36.4 Å². The molecule has 5 nitrogen and oxygen atoms in total. The summed E-state index contributed by atoms with van der Waals surface area (Å²) in [6.07, 6.45) is 3.74. The van der Waals surface area contributed by atoms with Crippen LogP contribution in [0.15, 0.2) is 54.9 Å². The molecule has 0 saturated heterocycles. The number of carbonyl (C=O) groups is 1. The van der Waals surface area contributed by atoms with E-state index in [0.717, 1.165) is 22.0 Å². The van der Waals surface area contributed by atoms with Crippen LogP contribution in [0.25, 0.3) is 10.9 Å². The van der Waals surface area contributed by atoms with Crippen LogP contribution in [0.3, 0.4) is 0 Å². The van der Waals surface area contributed by atoms with Gasteiger partial charge in [-0.3, -0.25) is 9.78 Å². The zero-order valence-corrected chi connectivity index (χ0v) is 12.8. The highest BCUT2D eigenvalue weighted by atomic mass is 16.5. The Balaban J connectivity index is 1.64. The maximum Gasteiger partial charge on any atom is 0.224 e. The van der Waals surface area contributed by atoms with Gasteiger partial charge in [0.25, 0.3) is 0 Å². The minimum Gasteiger partial charge on any atom is -0.481 e. The normalized spacial score (nSPS) is 10.5. The first kappa shape index (κ1) is 15.0. The predicted octanol–water partition coefficient (Wildman–Crippen LogP) is 2.50. The van der Waals surface area contributed by atoms with E-state index >= 15 is 0 Å². The highest BCUT2D eigenvalue weighted by Gasteiger charge is 2.07. The Labute approximate surface area is 134 Å².